The second kappa shape index (κ2) is 4.00. The van der Waals surface area contributed by atoms with Gasteiger partial charge in [-0.05, 0) is 25.7 Å². The van der Waals surface area contributed by atoms with E-state index in [2.05, 4.69) is 10.3 Å². The van der Waals surface area contributed by atoms with Crippen molar-refractivity contribution < 1.29 is 5.11 Å². The Morgan fingerprint density at radius 1 is 1.57 bits per heavy atom. The van der Waals surface area contributed by atoms with Gasteiger partial charge in [0.25, 0.3) is 0 Å². The maximum absolute atomic E-state index is 9.51. The van der Waals surface area contributed by atoms with Crippen LogP contribution in [0.1, 0.15) is 25.7 Å². The van der Waals surface area contributed by atoms with Crippen LogP contribution in [0.25, 0.3) is 0 Å². The summed E-state index contributed by atoms with van der Waals surface area (Å²) in [5.74, 6) is 0.893. The van der Waals surface area contributed by atoms with Gasteiger partial charge in [0.2, 0.25) is 5.95 Å². The van der Waals surface area contributed by atoms with Gasteiger partial charge in [0.05, 0.1) is 6.10 Å². The summed E-state index contributed by atoms with van der Waals surface area (Å²) >= 11 is 0. The van der Waals surface area contributed by atoms with Crippen molar-refractivity contribution in [2.45, 2.75) is 37.8 Å². The lowest BCUT2D eigenvalue weighted by molar-refractivity contribution is 0.124. The van der Waals surface area contributed by atoms with Gasteiger partial charge in [0.15, 0.2) is 0 Å². The molecule has 1 heterocycles. The van der Waals surface area contributed by atoms with Crippen LogP contribution in [0.3, 0.4) is 0 Å². The Kier molecular flexibility index (Phi) is 2.72. The summed E-state index contributed by atoms with van der Waals surface area (Å²) in [6.45, 7) is 0. The van der Waals surface area contributed by atoms with Crippen LogP contribution in [0.2, 0.25) is 0 Å². The van der Waals surface area contributed by atoms with Crippen LogP contribution in [0.4, 0.5) is 5.95 Å². The van der Waals surface area contributed by atoms with Gasteiger partial charge >= 0.3 is 0 Å². The third kappa shape index (κ3) is 2.07. The monoisotopic (exact) mass is 195 g/mol. The molecule has 0 spiro atoms. The minimum atomic E-state index is -0.137. The number of nitrogens with one attached hydrogen (secondary N) is 1. The fourth-order valence-corrected chi connectivity index (χ4v) is 1.98. The molecule has 0 bridgehead atoms. The summed E-state index contributed by atoms with van der Waals surface area (Å²) < 4.78 is 1.96. The van der Waals surface area contributed by atoms with Crippen molar-refractivity contribution in [1.29, 1.82) is 0 Å². The molecule has 1 aromatic rings. The molecule has 0 aromatic carbocycles. The number of aromatic nitrogens is 2. The Morgan fingerprint density at radius 2 is 2.43 bits per heavy atom. The van der Waals surface area contributed by atoms with Crippen molar-refractivity contribution in [3.8, 4) is 0 Å². The number of hydrogen-bond acceptors (Lipinski definition) is 3. The van der Waals surface area contributed by atoms with Crippen molar-refractivity contribution in [2.24, 2.45) is 7.05 Å². The molecule has 14 heavy (non-hydrogen) atoms. The van der Waals surface area contributed by atoms with Crippen molar-refractivity contribution in [3.63, 3.8) is 0 Å². The number of imidazole rings is 1. The molecule has 1 aliphatic rings. The van der Waals surface area contributed by atoms with Gasteiger partial charge in [-0.1, -0.05) is 0 Å². The predicted octanol–water partition coefficient (Wildman–Crippen LogP) is 1.14. The Morgan fingerprint density at radius 3 is 3.07 bits per heavy atom. The normalized spacial score (nSPS) is 27.6. The largest absolute Gasteiger partial charge is 0.393 e. The minimum Gasteiger partial charge on any atom is -0.393 e. The van der Waals surface area contributed by atoms with E-state index < -0.39 is 0 Å². The predicted molar refractivity (Wildman–Crippen MR) is 55.1 cm³/mol. The summed E-state index contributed by atoms with van der Waals surface area (Å²) in [5.41, 5.74) is 0. The zero-order valence-corrected chi connectivity index (χ0v) is 8.48. The molecule has 78 valence electrons. The number of anilines is 1. The zero-order chi connectivity index (χ0) is 9.97. The highest BCUT2D eigenvalue weighted by atomic mass is 16.3. The first kappa shape index (κ1) is 9.52. The maximum atomic E-state index is 9.51. The van der Waals surface area contributed by atoms with Gasteiger partial charge in [0.1, 0.15) is 0 Å². The van der Waals surface area contributed by atoms with Gasteiger partial charge in [-0.3, -0.25) is 0 Å². The Balaban J connectivity index is 1.94. The quantitative estimate of drug-likeness (QED) is 0.744. The highest BCUT2D eigenvalue weighted by Crippen LogP contribution is 2.21. The lowest BCUT2D eigenvalue weighted by Gasteiger charge is -2.26. The lowest BCUT2D eigenvalue weighted by Crippen LogP contribution is -2.30. The van der Waals surface area contributed by atoms with E-state index in [0.717, 1.165) is 31.6 Å². The summed E-state index contributed by atoms with van der Waals surface area (Å²) in [6, 6.07) is 0.375. The van der Waals surface area contributed by atoms with Crippen LogP contribution in [0.5, 0.6) is 0 Å². The molecule has 0 radical (unpaired) electrons. The van der Waals surface area contributed by atoms with E-state index in [1.54, 1.807) is 6.20 Å². The van der Waals surface area contributed by atoms with Gasteiger partial charge in [-0.25, -0.2) is 4.98 Å². The fourth-order valence-electron chi connectivity index (χ4n) is 1.98. The zero-order valence-electron chi connectivity index (χ0n) is 8.48. The third-order valence-corrected chi connectivity index (χ3v) is 2.80. The van der Waals surface area contributed by atoms with Crippen LogP contribution < -0.4 is 5.32 Å². The van der Waals surface area contributed by atoms with E-state index in [-0.39, 0.29) is 6.10 Å². The minimum absolute atomic E-state index is 0.137. The standard InChI is InChI=1S/C10H17N3O/c1-13-6-5-11-10(13)12-8-3-2-4-9(14)7-8/h5-6,8-9,14H,2-4,7H2,1H3,(H,11,12). The molecule has 2 rings (SSSR count). The SMILES string of the molecule is Cn1ccnc1NC1CCCC(O)C1. The number of rotatable bonds is 2. The smallest absolute Gasteiger partial charge is 0.202 e. The van der Waals surface area contributed by atoms with Gasteiger partial charge in [0, 0.05) is 25.5 Å². The summed E-state index contributed by atoms with van der Waals surface area (Å²) in [7, 11) is 1.97. The van der Waals surface area contributed by atoms with E-state index >= 15 is 0 Å². The van der Waals surface area contributed by atoms with Crippen molar-refractivity contribution >= 4 is 5.95 Å². The molecular weight excluding hydrogens is 178 g/mol. The van der Waals surface area contributed by atoms with Crippen LogP contribution >= 0.6 is 0 Å². The van der Waals surface area contributed by atoms with Gasteiger partial charge < -0.3 is 15.0 Å². The van der Waals surface area contributed by atoms with E-state index in [4.69, 9.17) is 0 Å². The molecule has 2 unspecified atom stereocenters. The van der Waals surface area contributed by atoms with Crippen LogP contribution in [0.15, 0.2) is 12.4 Å². The molecule has 1 saturated carbocycles. The number of aliphatic hydroxyl groups is 1. The number of aliphatic hydroxyl groups excluding tert-OH is 1. The third-order valence-electron chi connectivity index (χ3n) is 2.80. The molecule has 0 aliphatic heterocycles. The van der Waals surface area contributed by atoms with E-state index in [9.17, 15) is 5.11 Å². The van der Waals surface area contributed by atoms with Gasteiger partial charge in [-0.15, -0.1) is 0 Å². The van der Waals surface area contributed by atoms with Crippen LogP contribution in [-0.2, 0) is 7.05 Å². The van der Waals surface area contributed by atoms with E-state index in [1.165, 1.54) is 0 Å². The first-order chi connectivity index (χ1) is 6.75. The van der Waals surface area contributed by atoms with Crippen molar-refractivity contribution in [2.75, 3.05) is 5.32 Å². The number of nitrogens with zero attached hydrogens (tertiary/aromatic N) is 2. The number of hydrogen-bond donors (Lipinski definition) is 2. The summed E-state index contributed by atoms with van der Waals surface area (Å²) in [5, 5.41) is 12.9. The van der Waals surface area contributed by atoms with Crippen LogP contribution in [-0.4, -0.2) is 26.8 Å². The second-order valence-corrected chi connectivity index (χ2v) is 4.02. The molecule has 2 N–H and O–H groups in total. The molecule has 4 nitrogen and oxygen atoms in total. The maximum Gasteiger partial charge on any atom is 0.202 e. The topological polar surface area (TPSA) is 50.1 Å². The van der Waals surface area contributed by atoms with Crippen molar-refractivity contribution in [1.82, 2.24) is 9.55 Å². The first-order valence-corrected chi connectivity index (χ1v) is 5.17. The molecule has 1 aromatic heterocycles. The van der Waals surface area contributed by atoms with Crippen LogP contribution in [0, 0.1) is 0 Å². The highest BCUT2D eigenvalue weighted by molar-refractivity contribution is 5.27. The average molecular weight is 195 g/mol. The molecule has 1 fully saturated rings. The summed E-state index contributed by atoms with van der Waals surface area (Å²) in [6.07, 6.45) is 7.57. The first-order valence-electron chi connectivity index (χ1n) is 5.17. The Labute approximate surface area is 84.0 Å². The fraction of sp³-hybridized carbons (Fsp3) is 0.700. The van der Waals surface area contributed by atoms with Crippen molar-refractivity contribution in [3.05, 3.63) is 12.4 Å². The molecule has 0 saturated heterocycles. The Hall–Kier alpha value is -1.03. The second-order valence-electron chi connectivity index (χ2n) is 4.02. The molecule has 4 heteroatoms. The molecule has 1 aliphatic carbocycles. The molecular formula is C10H17N3O. The molecule has 0 amide bonds. The highest BCUT2D eigenvalue weighted by Gasteiger charge is 2.20. The van der Waals surface area contributed by atoms with E-state index in [0.29, 0.717) is 6.04 Å². The van der Waals surface area contributed by atoms with Gasteiger partial charge in [-0.2, -0.15) is 0 Å². The van der Waals surface area contributed by atoms with E-state index in [1.807, 2.05) is 17.8 Å². The number of aryl methyl sites for hydroxylation is 1. The molecule has 2 atom stereocenters. The lowest BCUT2D eigenvalue weighted by atomic mass is 9.93. The Bertz CT molecular complexity index is 297. The summed E-state index contributed by atoms with van der Waals surface area (Å²) in [4.78, 5) is 4.21. The average Bonchev–Trinajstić information content (AvgIpc) is 2.52.